The fraction of sp³-hybridized carbons (Fsp3) is 0.692. The Kier molecular flexibility index (Phi) is 11.0. The van der Waals surface area contributed by atoms with Gasteiger partial charge in [0.05, 0.1) is 10.8 Å². The third-order valence-corrected chi connectivity index (χ3v) is 6.41. The van der Waals surface area contributed by atoms with E-state index in [1.807, 2.05) is 0 Å². The molecule has 0 saturated carbocycles. The van der Waals surface area contributed by atoms with Gasteiger partial charge >= 0.3 is 11.9 Å². The van der Waals surface area contributed by atoms with Crippen LogP contribution >= 0.6 is 0 Å². The molecule has 0 saturated heterocycles. The monoisotopic (exact) mass is 450 g/mol. The molecule has 182 valence electrons. The summed E-state index contributed by atoms with van der Waals surface area (Å²) in [5.41, 5.74) is 0.138. The fourth-order valence-corrected chi connectivity index (χ4v) is 3.81. The van der Waals surface area contributed by atoms with Gasteiger partial charge < -0.3 is 20.4 Å². The molecule has 32 heavy (non-hydrogen) atoms. The zero-order valence-electron chi connectivity index (χ0n) is 20.2. The number of aryl methyl sites for hydroxylation is 2. The van der Waals surface area contributed by atoms with Gasteiger partial charge in [-0.05, 0) is 89.5 Å². The van der Waals surface area contributed by atoms with E-state index < -0.39 is 22.8 Å². The van der Waals surface area contributed by atoms with E-state index in [1.165, 1.54) is 0 Å². The van der Waals surface area contributed by atoms with Crippen molar-refractivity contribution in [3.8, 4) is 11.5 Å². The molecular formula is C26H42O6. The molecule has 0 amide bonds. The summed E-state index contributed by atoms with van der Waals surface area (Å²) < 4.78 is 0. The van der Waals surface area contributed by atoms with Crippen LogP contribution in [-0.2, 0) is 22.4 Å². The van der Waals surface area contributed by atoms with Crippen LogP contribution in [-0.4, -0.2) is 32.4 Å². The highest BCUT2D eigenvalue weighted by Crippen LogP contribution is 2.31. The van der Waals surface area contributed by atoms with Gasteiger partial charge in [-0.15, -0.1) is 0 Å². The van der Waals surface area contributed by atoms with Gasteiger partial charge in [-0.25, -0.2) is 0 Å². The quantitative estimate of drug-likeness (QED) is 0.173. The lowest BCUT2D eigenvalue weighted by molar-refractivity contribution is -0.148. The number of unbranched alkanes of at least 4 members (excludes halogenated alkanes) is 6. The molecule has 0 unspecified atom stereocenters. The van der Waals surface area contributed by atoms with Crippen molar-refractivity contribution in [3.63, 3.8) is 0 Å². The van der Waals surface area contributed by atoms with Crippen molar-refractivity contribution < 1.29 is 30.0 Å². The first-order valence-electron chi connectivity index (χ1n) is 11.9. The van der Waals surface area contributed by atoms with Gasteiger partial charge in [0.25, 0.3) is 0 Å². The van der Waals surface area contributed by atoms with Crippen LogP contribution in [0.3, 0.4) is 0 Å². The van der Waals surface area contributed by atoms with Crippen molar-refractivity contribution in [2.24, 2.45) is 10.8 Å². The molecule has 1 aromatic rings. The van der Waals surface area contributed by atoms with Crippen molar-refractivity contribution in [2.75, 3.05) is 0 Å². The van der Waals surface area contributed by atoms with Crippen molar-refractivity contribution in [2.45, 2.75) is 105 Å². The second-order valence-corrected chi connectivity index (χ2v) is 10.3. The van der Waals surface area contributed by atoms with Gasteiger partial charge in [0.15, 0.2) is 0 Å². The summed E-state index contributed by atoms with van der Waals surface area (Å²) in [6.45, 7) is 6.99. The number of hydrogen-bond acceptors (Lipinski definition) is 4. The van der Waals surface area contributed by atoms with E-state index in [0.717, 1.165) is 62.5 Å². The number of benzene rings is 1. The van der Waals surface area contributed by atoms with Gasteiger partial charge in [-0.2, -0.15) is 0 Å². The van der Waals surface area contributed by atoms with Gasteiger partial charge in [0.1, 0.15) is 11.5 Å². The number of phenols is 2. The molecule has 0 radical (unpaired) electrons. The Morgan fingerprint density at radius 3 is 1.34 bits per heavy atom. The van der Waals surface area contributed by atoms with Crippen LogP contribution in [0.2, 0.25) is 0 Å². The van der Waals surface area contributed by atoms with E-state index in [1.54, 1.807) is 39.8 Å². The summed E-state index contributed by atoms with van der Waals surface area (Å²) in [6.07, 6.45) is 9.94. The van der Waals surface area contributed by atoms with Gasteiger partial charge in [-0.1, -0.05) is 38.5 Å². The molecular weight excluding hydrogens is 408 g/mol. The van der Waals surface area contributed by atoms with Crippen LogP contribution in [0.4, 0.5) is 0 Å². The minimum Gasteiger partial charge on any atom is -0.508 e. The lowest BCUT2D eigenvalue weighted by atomic mass is 9.87. The Morgan fingerprint density at radius 1 is 0.656 bits per heavy atom. The summed E-state index contributed by atoms with van der Waals surface area (Å²) in [6, 6.07) is 3.25. The SMILES string of the molecule is CC(C)(CCCCCCc1cc(O)cc(CCCCCCC(C)(C)C(=O)O)c1O)C(=O)O. The van der Waals surface area contributed by atoms with E-state index in [4.69, 9.17) is 10.2 Å². The topological polar surface area (TPSA) is 115 Å². The van der Waals surface area contributed by atoms with Gasteiger partial charge in [0, 0.05) is 0 Å². The summed E-state index contributed by atoms with van der Waals surface area (Å²) in [4.78, 5) is 22.3. The Balaban J connectivity index is 2.40. The Labute approximate surface area is 192 Å². The number of phenolic OH excluding ortho intramolecular Hbond substituents is 2. The molecule has 1 rings (SSSR count). The van der Waals surface area contributed by atoms with Crippen LogP contribution < -0.4 is 0 Å². The molecule has 4 N–H and O–H groups in total. The summed E-state index contributed by atoms with van der Waals surface area (Å²) in [5, 5.41) is 39.0. The second-order valence-electron chi connectivity index (χ2n) is 10.3. The van der Waals surface area contributed by atoms with Crippen molar-refractivity contribution >= 4 is 11.9 Å². The maximum Gasteiger partial charge on any atom is 0.309 e. The first-order valence-corrected chi connectivity index (χ1v) is 11.9. The largest absolute Gasteiger partial charge is 0.508 e. The Bertz CT molecular complexity index is 692. The molecule has 0 bridgehead atoms. The first-order chi connectivity index (χ1) is 14.9. The van der Waals surface area contributed by atoms with Crippen LogP contribution in [0.25, 0.3) is 0 Å². The second kappa shape index (κ2) is 12.7. The molecule has 6 nitrogen and oxygen atoms in total. The Hall–Kier alpha value is -2.24. The van der Waals surface area contributed by atoms with E-state index in [2.05, 4.69) is 0 Å². The standard InChI is InChI=1S/C26H42O6/c1-25(2,23(29)30)15-11-7-5-9-13-19-17-21(27)18-20(22(19)28)14-10-6-8-12-16-26(3,4)24(31)32/h17-18,27-28H,5-16H2,1-4H3,(H,29,30)(H,31,32). The molecule has 0 fully saturated rings. The molecule has 0 spiro atoms. The minimum absolute atomic E-state index is 0.166. The van der Waals surface area contributed by atoms with E-state index in [-0.39, 0.29) is 11.5 Å². The maximum atomic E-state index is 11.1. The highest BCUT2D eigenvalue weighted by molar-refractivity contribution is 5.73. The third-order valence-electron chi connectivity index (χ3n) is 6.41. The number of aromatic hydroxyl groups is 2. The molecule has 1 aromatic carbocycles. The van der Waals surface area contributed by atoms with E-state index >= 15 is 0 Å². The number of carboxylic acid groups (broad SMARTS) is 2. The van der Waals surface area contributed by atoms with Gasteiger partial charge in [0.2, 0.25) is 0 Å². The average molecular weight is 451 g/mol. The van der Waals surface area contributed by atoms with E-state index in [9.17, 15) is 19.8 Å². The molecule has 0 aliphatic carbocycles. The number of hydrogen-bond donors (Lipinski definition) is 4. The van der Waals surface area contributed by atoms with Crippen molar-refractivity contribution in [1.29, 1.82) is 0 Å². The first kappa shape index (κ1) is 27.8. The molecule has 0 heterocycles. The molecule has 0 aliphatic rings. The normalized spacial score (nSPS) is 12.1. The summed E-state index contributed by atoms with van der Waals surface area (Å²) >= 11 is 0. The molecule has 0 aliphatic heterocycles. The van der Waals surface area contributed by atoms with Crippen LogP contribution in [0.1, 0.15) is 103 Å². The number of aliphatic carboxylic acids is 2. The highest BCUT2D eigenvalue weighted by Gasteiger charge is 2.26. The molecule has 0 aromatic heterocycles. The minimum atomic E-state index is -0.765. The lowest BCUT2D eigenvalue weighted by Gasteiger charge is -2.18. The third kappa shape index (κ3) is 9.49. The average Bonchev–Trinajstić information content (AvgIpc) is 2.69. The predicted octanol–water partition coefficient (Wildman–Crippen LogP) is 6.31. The fourth-order valence-electron chi connectivity index (χ4n) is 3.81. The van der Waals surface area contributed by atoms with Crippen LogP contribution in [0, 0.1) is 10.8 Å². The van der Waals surface area contributed by atoms with Crippen molar-refractivity contribution in [1.82, 2.24) is 0 Å². The Morgan fingerprint density at radius 2 is 1.00 bits per heavy atom. The van der Waals surface area contributed by atoms with Crippen LogP contribution in [0.15, 0.2) is 12.1 Å². The summed E-state index contributed by atoms with van der Waals surface area (Å²) in [7, 11) is 0. The predicted molar refractivity (Wildman–Crippen MR) is 126 cm³/mol. The zero-order chi connectivity index (χ0) is 24.4. The molecule has 6 heteroatoms. The number of rotatable bonds is 16. The van der Waals surface area contributed by atoms with E-state index in [0.29, 0.717) is 25.7 Å². The van der Waals surface area contributed by atoms with Crippen LogP contribution in [0.5, 0.6) is 11.5 Å². The number of carbonyl (C=O) groups is 2. The lowest BCUT2D eigenvalue weighted by Crippen LogP contribution is -2.23. The molecule has 0 atom stereocenters. The number of carboxylic acids is 2. The maximum absolute atomic E-state index is 11.1. The van der Waals surface area contributed by atoms with Crippen molar-refractivity contribution in [3.05, 3.63) is 23.3 Å². The smallest absolute Gasteiger partial charge is 0.309 e. The van der Waals surface area contributed by atoms with Gasteiger partial charge in [-0.3, -0.25) is 9.59 Å². The zero-order valence-corrected chi connectivity index (χ0v) is 20.2. The highest BCUT2D eigenvalue weighted by atomic mass is 16.4. The summed E-state index contributed by atoms with van der Waals surface area (Å²) in [5.74, 6) is -1.10.